The number of hydrogen-bond donors (Lipinski definition) is 2. The summed E-state index contributed by atoms with van der Waals surface area (Å²) >= 11 is 3.50. The highest BCUT2D eigenvalue weighted by atomic mass is 79.9. The average molecular weight is 255 g/mol. The molecule has 1 atom stereocenters. The van der Waals surface area contributed by atoms with Gasteiger partial charge in [-0.3, -0.25) is 11.3 Å². The van der Waals surface area contributed by atoms with Crippen LogP contribution in [0, 0.1) is 6.92 Å². The fourth-order valence-corrected chi connectivity index (χ4v) is 1.83. The van der Waals surface area contributed by atoms with Crippen molar-refractivity contribution in [3.05, 3.63) is 46.5 Å². The number of hydrogen-bond acceptors (Lipinski definition) is 2. The van der Waals surface area contributed by atoms with Gasteiger partial charge in [-0.2, -0.15) is 0 Å². The molecule has 3 N–H and O–H groups in total. The fraction of sp³-hybridized carbons (Fsp3) is 0.273. The lowest BCUT2D eigenvalue weighted by Crippen LogP contribution is -2.28. The highest BCUT2D eigenvalue weighted by molar-refractivity contribution is 9.10. The minimum absolute atomic E-state index is 0.144. The molecule has 0 saturated carbocycles. The largest absolute Gasteiger partial charge is 0.271 e. The van der Waals surface area contributed by atoms with Crippen LogP contribution in [0.5, 0.6) is 0 Å². The number of hydrazine groups is 1. The van der Waals surface area contributed by atoms with Crippen LogP contribution >= 0.6 is 15.9 Å². The molecule has 76 valence electrons. The molecule has 1 unspecified atom stereocenters. The normalized spacial score (nSPS) is 12.5. The van der Waals surface area contributed by atoms with E-state index in [2.05, 4.69) is 40.9 Å². The van der Waals surface area contributed by atoms with E-state index in [-0.39, 0.29) is 6.04 Å². The summed E-state index contributed by atoms with van der Waals surface area (Å²) in [6.07, 6.45) is 2.69. The van der Waals surface area contributed by atoms with Crippen molar-refractivity contribution in [3.63, 3.8) is 0 Å². The Morgan fingerprint density at radius 2 is 2.36 bits per heavy atom. The highest BCUT2D eigenvalue weighted by Gasteiger charge is 2.11. The van der Waals surface area contributed by atoms with Crippen LogP contribution < -0.4 is 11.3 Å². The van der Waals surface area contributed by atoms with Crippen LogP contribution in [0.3, 0.4) is 0 Å². The second-order valence-electron chi connectivity index (χ2n) is 3.20. The van der Waals surface area contributed by atoms with Crippen LogP contribution in [0.15, 0.2) is 35.3 Å². The van der Waals surface area contributed by atoms with Gasteiger partial charge in [0.2, 0.25) is 0 Å². The van der Waals surface area contributed by atoms with E-state index in [4.69, 9.17) is 5.84 Å². The van der Waals surface area contributed by atoms with Crippen molar-refractivity contribution in [2.45, 2.75) is 19.4 Å². The summed E-state index contributed by atoms with van der Waals surface area (Å²) in [6.45, 7) is 5.79. The van der Waals surface area contributed by atoms with Crippen molar-refractivity contribution in [2.24, 2.45) is 5.84 Å². The Morgan fingerprint density at radius 3 is 2.93 bits per heavy atom. The molecule has 1 rings (SSSR count). The second-order valence-corrected chi connectivity index (χ2v) is 4.05. The number of benzene rings is 1. The quantitative estimate of drug-likeness (QED) is 0.493. The summed E-state index contributed by atoms with van der Waals surface area (Å²) in [5, 5.41) is 0. The van der Waals surface area contributed by atoms with Crippen molar-refractivity contribution in [3.8, 4) is 0 Å². The van der Waals surface area contributed by atoms with Crippen molar-refractivity contribution in [2.75, 3.05) is 0 Å². The van der Waals surface area contributed by atoms with Gasteiger partial charge >= 0.3 is 0 Å². The number of halogens is 1. The fourth-order valence-electron chi connectivity index (χ4n) is 1.45. The SMILES string of the molecule is C=CCC(NN)c1cccc(Br)c1C. The smallest absolute Gasteiger partial charge is 0.0497 e. The first-order valence-corrected chi connectivity index (χ1v) is 5.32. The van der Waals surface area contributed by atoms with Gasteiger partial charge < -0.3 is 0 Å². The number of rotatable bonds is 4. The van der Waals surface area contributed by atoms with E-state index >= 15 is 0 Å². The third-order valence-corrected chi connectivity index (χ3v) is 3.15. The van der Waals surface area contributed by atoms with Gasteiger partial charge in [0.05, 0.1) is 0 Å². The lowest BCUT2D eigenvalue weighted by atomic mass is 9.99. The van der Waals surface area contributed by atoms with Crippen molar-refractivity contribution >= 4 is 15.9 Å². The summed E-state index contributed by atoms with van der Waals surface area (Å²) < 4.78 is 1.11. The minimum atomic E-state index is 0.144. The minimum Gasteiger partial charge on any atom is -0.271 e. The van der Waals surface area contributed by atoms with Crippen LogP contribution in [0.4, 0.5) is 0 Å². The van der Waals surface area contributed by atoms with Gasteiger partial charge in [0.25, 0.3) is 0 Å². The van der Waals surface area contributed by atoms with E-state index in [1.165, 1.54) is 11.1 Å². The molecule has 0 aliphatic rings. The molecule has 0 heterocycles. The zero-order valence-corrected chi connectivity index (χ0v) is 9.84. The molecule has 0 aromatic heterocycles. The Kier molecular flexibility index (Phi) is 4.32. The van der Waals surface area contributed by atoms with Crippen LogP contribution in [-0.2, 0) is 0 Å². The first-order valence-electron chi connectivity index (χ1n) is 4.52. The maximum absolute atomic E-state index is 5.50. The van der Waals surface area contributed by atoms with Gasteiger partial charge in [0, 0.05) is 10.5 Å². The molecule has 1 aromatic rings. The molecular weight excluding hydrogens is 240 g/mol. The summed E-state index contributed by atoms with van der Waals surface area (Å²) in [5.74, 6) is 5.50. The lowest BCUT2D eigenvalue weighted by molar-refractivity contribution is 0.558. The van der Waals surface area contributed by atoms with Crippen LogP contribution in [0.2, 0.25) is 0 Å². The Balaban J connectivity index is 3.03. The van der Waals surface area contributed by atoms with E-state index in [0.29, 0.717) is 0 Å². The summed E-state index contributed by atoms with van der Waals surface area (Å²) in [5.41, 5.74) is 5.22. The number of nitrogens with two attached hydrogens (primary N) is 1. The predicted octanol–water partition coefficient (Wildman–Crippen LogP) is 2.84. The highest BCUT2D eigenvalue weighted by Crippen LogP contribution is 2.25. The van der Waals surface area contributed by atoms with E-state index in [1.54, 1.807) is 0 Å². The molecule has 3 heteroatoms. The predicted molar refractivity (Wildman–Crippen MR) is 63.8 cm³/mol. The van der Waals surface area contributed by atoms with Gasteiger partial charge in [-0.05, 0) is 30.5 Å². The lowest BCUT2D eigenvalue weighted by Gasteiger charge is -2.17. The monoisotopic (exact) mass is 254 g/mol. The number of nitrogens with one attached hydrogen (secondary N) is 1. The third-order valence-electron chi connectivity index (χ3n) is 2.29. The molecular formula is C11H15BrN2. The van der Waals surface area contributed by atoms with E-state index in [1.807, 2.05) is 18.2 Å². The Bertz CT molecular complexity index is 323. The van der Waals surface area contributed by atoms with Gasteiger partial charge in [0.1, 0.15) is 0 Å². The molecule has 0 fully saturated rings. The standard InChI is InChI=1S/C11H15BrN2/c1-3-5-11(14-13)9-6-4-7-10(12)8(9)2/h3-4,6-7,11,14H,1,5,13H2,2H3. The molecule has 2 nitrogen and oxygen atoms in total. The van der Waals surface area contributed by atoms with Gasteiger partial charge in [0.15, 0.2) is 0 Å². The average Bonchev–Trinajstić information content (AvgIpc) is 2.19. The van der Waals surface area contributed by atoms with E-state index < -0.39 is 0 Å². The summed E-state index contributed by atoms with van der Waals surface area (Å²) in [7, 11) is 0. The van der Waals surface area contributed by atoms with Crippen LogP contribution in [0.1, 0.15) is 23.6 Å². The molecule has 0 bridgehead atoms. The molecule has 0 aliphatic carbocycles. The summed E-state index contributed by atoms with van der Waals surface area (Å²) in [4.78, 5) is 0. The topological polar surface area (TPSA) is 38.0 Å². The van der Waals surface area contributed by atoms with Crippen molar-refractivity contribution in [1.82, 2.24) is 5.43 Å². The maximum Gasteiger partial charge on any atom is 0.0497 e. The molecule has 0 aliphatic heterocycles. The second kappa shape index (κ2) is 5.29. The molecule has 0 spiro atoms. The third kappa shape index (κ3) is 2.44. The maximum atomic E-state index is 5.50. The Labute approximate surface area is 93.3 Å². The van der Waals surface area contributed by atoms with Crippen molar-refractivity contribution < 1.29 is 0 Å². The van der Waals surface area contributed by atoms with Gasteiger partial charge in [-0.1, -0.05) is 34.1 Å². The van der Waals surface area contributed by atoms with E-state index in [0.717, 1.165) is 10.9 Å². The Hall–Kier alpha value is -0.640. The van der Waals surface area contributed by atoms with Gasteiger partial charge in [-0.15, -0.1) is 6.58 Å². The zero-order valence-electron chi connectivity index (χ0n) is 8.26. The Morgan fingerprint density at radius 1 is 1.64 bits per heavy atom. The van der Waals surface area contributed by atoms with Crippen molar-refractivity contribution in [1.29, 1.82) is 0 Å². The van der Waals surface area contributed by atoms with Crippen LogP contribution in [0.25, 0.3) is 0 Å². The molecule has 0 saturated heterocycles. The van der Waals surface area contributed by atoms with E-state index in [9.17, 15) is 0 Å². The molecule has 14 heavy (non-hydrogen) atoms. The zero-order chi connectivity index (χ0) is 10.6. The van der Waals surface area contributed by atoms with Crippen LogP contribution in [-0.4, -0.2) is 0 Å². The summed E-state index contributed by atoms with van der Waals surface area (Å²) in [6, 6.07) is 6.26. The first-order chi connectivity index (χ1) is 6.70. The first kappa shape index (κ1) is 11.4. The van der Waals surface area contributed by atoms with Gasteiger partial charge in [-0.25, -0.2) is 0 Å². The molecule has 0 radical (unpaired) electrons. The molecule has 0 amide bonds. The molecule has 1 aromatic carbocycles.